The number of amides is 1. The second kappa shape index (κ2) is 10.1. The number of carbonyl (C=O) groups is 2. The van der Waals surface area contributed by atoms with Crippen molar-refractivity contribution in [2.24, 2.45) is 5.92 Å². The van der Waals surface area contributed by atoms with E-state index in [1.54, 1.807) is 38.3 Å². The van der Waals surface area contributed by atoms with Gasteiger partial charge >= 0.3 is 6.09 Å². The van der Waals surface area contributed by atoms with E-state index in [0.29, 0.717) is 16.9 Å². The molecule has 0 aliphatic carbocycles. The van der Waals surface area contributed by atoms with Gasteiger partial charge in [0.25, 0.3) is 0 Å². The molecule has 0 aliphatic heterocycles. The third-order valence-corrected chi connectivity index (χ3v) is 4.58. The van der Waals surface area contributed by atoms with E-state index in [0.717, 1.165) is 5.56 Å². The first-order chi connectivity index (χ1) is 14.1. The summed E-state index contributed by atoms with van der Waals surface area (Å²) in [6.45, 7) is 9.24. The Labute approximate surface area is 179 Å². The van der Waals surface area contributed by atoms with Crippen molar-refractivity contribution in [1.82, 2.24) is 5.32 Å². The third-order valence-electron chi connectivity index (χ3n) is 4.58. The molecule has 0 saturated heterocycles. The summed E-state index contributed by atoms with van der Waals surface area (Å²) in [5.74, 6) is 0.503. The minimum atomic E-state index is -0.593. The highest BCUT2D eigenvalue weighted by molar-refractivity contribution is 6.08. The molecule has 2 rings (SSSR count). The summed E-state index contributed by atoms with van der Waals surface area (Å²) in [5, 5.41) is 2.96. The van der Waals surface area contributed by atoms with Gasteiger partial charge in [0, 0.05) is 5.56 Å². The smallest absolute Gasteiger partial charge is 0.408 e. The predicted octanol–water partition coefficient (Wildman–Crippen LogP) is 5.73. The molecule has 0 aromatic heterocycles. The van der Waals surface area contributed by atoms with E-state index in [2.05, 4.69) is 5.32 Å². The molecular weight excluding hydrogens is 378 g/mol. The minimum absolute atomic E-state index is 0.0615. The van der Waals surface area contributed by atoms with Crippen LogP contribution in [-0.2, 0) is 4.74 Å². The molecule has 0 saturated carbocycles. The predicted molar refractivity (Wildman–Crippen MR) is 119 cm³/mol. The lowest BCUT2D eigenvalue weighted by Gasteiger charge is -2.27. The van der Waals surface area contributed by atoms with Crippen LogP contribution in [0.4, 0.5) is 4.79 Å². The van der Waals surface area contributed by atoms with Gasteiger partial charge in [0.15, 0.2) is 5.78 Å². The molecule has 0 radical (unpaired) electrons. The number of ether oxygens (including phenoxy) is 2. The number of alkyl carbamates (subject to hydrolysis) is 1. The number of ketones is 1. The summed E-state index contributed by atoms with van der Waals surface area (Å²) in [4.78, 5) is 25.2. The molecule has 0 aliphatic rings. The summed E-state index contributed by atoms with van der Waals surface area (Å²) in [6, 6.07) is 16.4. The highest BCUT2D eigenvalue weighted by atomic mass is 16.6. The Morgan fingerprint density at radius 1 is 1.00 bits per heavy atom. The second-order valence-corrected chi connectivity index (χ2v) is 8.30. The number of hydrogen-bond donors (Lipinski definition) is 1. The quantitative estimate of drug-likeness (QED) is 0.469. The summed E-state index contributed by atoms with van der Waals surface area (Å²) < 4.78 is 10.6. The lowest BCUT2D eigenvalue weighted by molar-refractivity contribution is 0.0493. The molecule has 5 heteroatoms. The van der Waals surface area contributed by atoms with Crippen LogP contribution in [0.3, 0.4) is 0 Å². The van der Waals surface area contributed by atoms with Crippen molar-refractivity contribution in [3.63, 3.8) is 0 Å². The number of Topliss-reactive ketones (excluding diaryl/α,β-unsaturated/α-hetero) is 1. The van der Waals surface area contributed by atoms with Gasteiger partial charge in [-0.3, -0.25) is 4.79 Å². The van der Waals surface area contributed by atoms with Crippen LogP contribution in [0.5, 0.6) is 5.75 Å². The number of hydrogen-bond acceptors (Lipinski definition) is 4. The van der Waals surface area contributed by atoms with E-state index in [-0.39, 0.29) is 17.7 Å². The number of allylic oxidation sites excluding steroid dienone is 1. The highest BCUT2D eigenvalue weighted by Crippen LogP contribution is 2.26. The largest absolute Gasteiger partial charge is 0.497 e. The summed E-state index contributed by atoms with van der Waals surface area (Å²) in [7, 11) is 1.59. The Morgan fingerprint density at radius 2 is 1.60 bits per heavy atom. The second-order valence-electron chi connectivity index (χ2n) is 8.30. The molecule has 1 N–H and O–H groups in total. The van der Waals surface area contributed by atoms with Crippen molar-refractivity contribution in [2.45, 2.75) is 46.3 Å². The lowest BCUT2D eigenvalue weighted by Crippen LogP contribution is -2.37. The Bertz CT molecular complexity index is 880. The van der Waals surface area contributed by atoms with E-state index in [9.17, 15) is 9.59 Å². The molecule has 160 valence electrons. The van der Waals surface area contributed by atoms with Crippen LogP contribution in [0.2, 0.25) is 0 Å². The lowest BCUT2D eigenvalue weighted by atomic mass is 9.91. The zero-order chi connectivity index (χ0) is 22.3. The number of nitrogens with one attached hydrogen (secondary N) is 1. The first-order valence-electron chi connectivity index (χ1n) is 10.0. The van der Waals surface area contributed by atoms with Gasteiger partial charge in [0.05, 0.1) is 13.2 Å². The third kappa shape index (κ3) is 6.76. The molecule has 0 bridgehead atoms. The highest BCUT2D eigenvalue weighted by Gasteiger charge is 2.24. The van der Waals surface area contributed by atoms with Crippen LogP contribution in [0.15, 0.2) is 66.2 Å². The van der Waals surface area contributed by atoms with E-state index in [4.69, 9.17) is 9.47 Å². The molecule has 2 aromatic rings. The van der Waals surface area contributed by atoms with E-state index < -0.39 is 11.7 Å². The Hall–Kier alpha value is -3.08. The monoisotopic (exact) mass is 409 g/mol. The van der Waals surface area contributed by atoms with Gasteiger partial charge in [0.1, 0.15) is 11.4 Å². The maximum Gasteiger partial charge on any atom is 0.408 e. The molecule has 2 aromatic carbocycles. The van der Waals surface area contributed by atoms with Gasteiger partial charge in [-0.1, -0.05) is 43.3 Å². The van der Waals surface area contributed by atoms with Crippen LogP contribution in [0.25, 0.3) is 0 Å². The van der Waals surface area contributed by atoms with Crippen molar-refractivity contribution in [1.29, 1.82) is 0 Å². The summed E-state index contributed by atoms with van der Waals surface area (Å²) in [5.41, 5.74) is 1.55. The summed E-state index contributed by atoms with van der Waals surface area (Å²) >= 11 is 0. The van der Waals surface area contributed by atoms with Crippen molar-refractivity contribution in [3.05, 3.63) is 77.4 Å². The van der Waals surface area contributed by atoms with Crippen LogP contribution in [-0.4, -0.2) is 24.6 Å². The number of rotatable bonds is 7. The molecule has 1 amide bonds. The molecule has 0 fully saturated rings. The Morgan fingerprint density at radius 3 is 2.13 bits per heavy atom. The zero-order valence-electron chi connectivity index (χ0n) is 18.6. The Kier molecular flexibility index (Phi) is 7.81. The van der Waals surface area contributed by atoms with E-state index in [1.165, 1.54) is 0 Å². The number of carbonyl (C=O) groups excluding carboxylic acids is 2. The average Bonchev–Trinajstić information content (AvgIpc) is 2.70. The van der Waals surface area contributed by atoms with Crippen molar-refractivity contribution in [2.75, 3.05) is 7.11 Å². The molecule has 0 spiro atoms. The fraction of sp³-hybridized carbons (Fsp3) is 0.360. The maximum absolute atomic E-state index is 12.8. The fourth-order valence-electron chi connectivity index (χ4n) is 3.15. The summed E-state index contributed by atoms with van der Waals surface area (Å²) in [6.07, 6.45) is 1.40. The Balaban J connectivity index is 2.24. The van der Waals surface area contributed by atoms with E-state index >= 15 is 0 Å². The first kappa shape index (κ1) is 23.2. The van der Waals surface area contributed by atoms with Crippen molar-refractivity contribution < 1.29 is 19.1 Å². The van der Waals surface area contributed by atoms with Crippen LogP contribution < -0.4 is 10.1 Å². The molecule has 30 heavy (non-hydrogen) atoms. The van der Waals surface area contributed by atoms with Crippen molar-refractivity contribution in [3.8, 4) is 5.75 Å². The number of methoxy groups -OCH3 is 1. The number of benzene rings is 2. The van der Waals surface area contributed by atoms with E-state index in [1.807, 2.05) is 64.1 Å². The SMILES string of the molecule is COc1ccc(C(=O)/C(C)=C/[C@H](C)[C@H](NC(=O)OC(C)(C)C)c2ccccc2)cc1. The van der Waals surface area contributed by atoms with Gasteiger partial charge in [-0.05, 0) is 69.0 Å². The van der Waals surface area contributed by atoms with Crippen LogP contribution in [0.1, 0.15) is 56.6 Å². The average molecular weight is 410 g/mol. The normalized spacial score (nSPS) is 13.9. The van der Waals surface area contributed by atoms with Gasteiger partial charge in [-0.2, -0.15) is 0 Å². The molecule has 0 unspecified atom stereocenters. The molecule has 2 atom stereocenters. The maximum atomic E-state index is 12.8. The van der Waals surface area contributed by atoms with Gasteiger partial charge in [-0.15, -0.1) is 0 Å². The topological polar surface area (TPSA) is 64.6 Å². The van der Waals surface area contributed by atoms with Crippen LogP contribution in [0, 0.1) is 5.92 Å². The standard InChI is InChI=1S/C25H31NO4/c1-17(16-18(2)23(27)20-12-14-21(29-6)15-13-20)22(19-10-8-7-9-11-19)26-24(28)30-25(3,4)5/h7-17,22H,1-6H3,(H,26,28)/b18-16+/t17-,22-/m0/s1. The molecule has 5 nitrogen and oxygen atoms in total. The van der Waals surface area contributed by atoms with Crippen LogP contribution >= 0.6 is 0 Å². The van der Waals surface area contributed by atoms with Crippen molar-refractivity contribution >= 4 is 11.9 Å². The molecule has 0 heterocycles. The zero-order valence-corrected chi connectivity index (χ0v) is 18.6. The minimum Gasteiger partial charge on any atom is -0.497 e. The first-order valence-corrected chi connectivity index (χ1v) is 10.0. The van der Waals surface area contributed by atoms with Gasteiger partial charge in [0.2, 0.25) is 0 Å². The van der Waals surface area contributed by atoms with Gasteiger partial charge < -0.3 is 14.8 Å². The van der Waals surface area contributed by atoms with Gasteiger partial charge in [-0.25, -0.2) is 4.79 Å². The molecular formula is C25H31NO4. The fourth-order valence-corrected chi connectivity index (χ4v) is 3.15.